The number of nitrogens with one attached hydrogen (secondary N) is 8. The second kappa shape index (κ2) is 35.8. The maximum absolute atomic E-state index is 14.5. The quantitative estimate of drug-likeness (QED) is 0.0197. The van der Waals surface area contributed by atoms with Crippen LogP contribution in [0.15, 0.2) is 35.3 Å². The zero-order chi connectivity index (χ0) is 59.2. The molecular weight excluding hydrogens is 1020 g/mol. The van der Waals surface area contributed by atoms with Crippen molar-refractivity contribution in [3.8, 4) is 0 Å². The molecule has 1 aromatic rings. The maximum atomic E-state index is 14.5. The van der Waals surface area contributed by atoms with E-state index in [1.54, 1.807) is 71.9 Å². The lowest BCUT2D eigenvalue weighted by Crippen LogP contribution is -2.61. The minimum absolute atomic E-state index is 0.00112. The lowest BCUT2D eigenvalue weighted by molar-refractivity contribution is -0.142. The first-order valence-corrected chi connectivity index (χ1v) is 26.2. The number of nitrogens with zero attached hydrogens (tertiary/aromatic N) is 1. The van der Waals surface area contributed by atoms with Crippen LogP contribution in [0.4, 0.5) is 0 Å². The van der Waals surface area contributed by atoms with Crippen LogP contribution in [0, 0.1) is 17.8 Å². The van der Waals surface area contributed by atoms with Gasteiger partial charge in [0, 0.05) is 25.8 Å². The third kappa shape index (κ3) is 27.6. The molecule has 438 valence electrons. The van der Waals surface area contributed by atoms with Crippen molar-refractivity contribution in [3.63, 3.8) is 0 Å². The number of aliphatic imine (C=N–C) groups is 1. The van der Waals surface area contributed by atoms with E-state index < -0.39 is 145 Å². The average molecular weight is 1100 g/mol. The van der Waals surface area contributed by atoms with Gasteiger partial charge in [0.25, 0.3) is 0 Å². The molecule has 0 unspecified atom stereocenters. The summed E-state index contributed by atoms with van der Waals surface area (Å²) >= 11 is 0. The monoisotopic (exact) mass is 1100 g/mol. The van der Waals surface area contributed by atoms with Gasteiger partial charge in [-0.1, -0.05) is 71.9 Å². The van der Waals surface area contributed by atoms with E-state index in [0.717, 1.165) is 0 Å². The molecular formula is C51H85N13O14. The van der Waals surface area contributed by atoms with E-state index in [2.05, 4.69) is 47.5 Å². The molecule has 27 heteroatoms. The molecule has 1 rings (SSSR count). The van der Waals surface area contributed by atoms with Crippen LogP contribution in [0.25, 0.3) is 0 Å². The van der Waals surface area contributed by atoms with Crippen molar-refractivity contribution in [2.24, 2.45) is 45.7 Å². The van der Waals surface area contributed by atoms with Gasteiger partial charge in [-0.15, -0.1) is 0 Å². The van der Waals surface area contributed by atoms with Crippen LogP contribution < -0.4 is 65.5 Å². The molecule has 27 nitrogen and oxygen atoms in total. The van der Waals surface area contributed by atoms with Gasteiger partial charge in [0.05, 0.1) is 6.04 Å². The minimum atomic E-state index is -1.59. The summed E-state index contributed by atoms with van der Waals surface area (Å²) in [7, 11) is 0. The summed E-state index contributed by atoms with van der Waals surface area (Å²) in [4.78, 5) is 149. The lowest BCUT2D eigenvalue weighted by atomic mass is 9.99. The Bertz CT molecular complexity index is 2190. The third-order valence-corrected chi connectivity index (χ3v) is 12.0. The van der Waals surface area contributed by atoms with Crippen molar-refractivity contribution in [1.29, 1.82) is 0 Å². The Balaban J connectivity index is 3.58. The van der Waals surface area contributed by atoms with Crippen LogP contribution in [0.3, 0.4) is 0 Å². The number of hydrogen-bond donors (Lipinski definition) is 15. The van der Waals surface area contributed by atoms with Gasteiger partial charge < -0.3 is 80.8 Å². The molecule has 0 aliphatic heterocycles. The number of hydrogen-bond acceptors (Lipinski definition) is 14. The molecule has 0 spiro atoms. The Morgan fingerprint density at radius 3 is 1.45 bits per heavy atom. The van der Waals surface area contributed by atoms with E-state index in [1.165, 1.54) is 6.92 Å². The summed E-state index contributed by atoms with van der Waals surface area (Å²) < 4.78 is 0. The first-order chi connectivity index (χ1) is 36.6. The number of unbranched alkanes of at least 4 members (excludes halogenated alkanes) is 1. The van der Waals surface area contributed by atoms with Crippen LogP contribution in [0.2, 0.25) is 0 Å². The highest BCUT2D eigenvalue weighted by Crippen LogP contribution is 2.13. The number of carbonyl (C=O) groups is 11. The van der Waals surface area contributed by atoms with E-state index in [0.29, 0.717) is 24.9 Å². The fraction of sp³-hybridized carbons (Fsp3) is 0.647. The first-order valence-electron chi connectivity index (χ1n) is 26.2. The van der Waals surface area contributed by atoms with Gasteiger partial charge >= 0.3 is 17.9 Å². The van der Waals surface area contributed by atoms with Gasteiger partial charge in [0.15, 0.2) is 5.96 Å². The Morgan fingerprint density at radius 2 is 0.949 bits per heavy atom. The van der Waals surface area contributed by atoms with Crippen LogP contribution in [0.5, 0.6) is 0 Å². The van der Waals surface area contributed by atoms with Gasteiger partial charge in [-0.25, -0.2) is 4.79 Å². The largest absolute Gasteiger partial charge is 0.481 e. The number of nitrogens with two attached hydrogens (primary N) is 4. The molecule has 0 aromatic heterocycles. The second-order valence-corrected chi connectivity index (χ2v) is 20.3. The van der Waals surface area contributed by atoms with Crippen LogP contribution in [-0.2, 0) is 59.2 Å². The lowest BCUT2D eigenvalue weighted by Gasteiger charge is -2.29. The number of carboxylic acid groups (broad SMARTS) is 3. The smallest absolute Gasteiger partial charge is 0.326 e. The van der Waals surface area contributed by atoms with E-state index in [-0.39, 0.29) is 69.3 Å². The average Bonchev–Trinajstić information content (AvgIpc) is 3.35. The van der Waals surface area contributed by atoms with Crippen molar-refractivity contribution in [1.82, 2.24) is 42.5 Å². The molecule has 78 heavy (non-hydrogen) atoms. The zero-order valence-corrected chi connectivity index (χ0v) is 45.8. The molecule has 8 amide bonds. The standard InChI is InChI=1S/C51H85N13O14/c1-27(2)24-36(61-43(70)32(53)18-20-39(65)66)46(73)59-34(19-21-40(67)68)44(71)63-38(26-31-14-9-8-10-15-31)48(75)62-37(25-28(3)4)47(74)58-33(17-13-23-56-51(54)55)45(72)64-41(29(5)6)49(76)57-30(7)42(69)60-35(50(77)78)16-11-12-22-52/h8-10,14-15,27-30,32-38,41H,11-13,16-26,52-53H2,1-7H3,(H,57,76)(H,58,74)(H,59,73)(H,60,69)(H,61,70)(H,62,75)(H,63,71)(H,64,72)(H,65,66)(H,67,68)(H,77,78)(H4,54,55,56)/t30-,32-,33-,34-,35-,36-,37-,38-,41-/m0/s1. The molecule has 0 bridgehead atoms. The molecule has 0 radical (unpaired) electrons. The Hall–Kier alpha value is -7.42. The van der Waals surface area contributed by atoms with Crippen molar-refractivity contribution in [3.05, 3.63) is 35.9 Å². The highest BCUT2D eigenvalue weighted by molar-refractivity contribution is 5.98. The van der Waals surface area contributed by atoms with E-state index in [9.17, 15) is 63.0 Å². The Labute approximate surface area is 455 Å². The molecule has 19 N–H and O–H groups in total. The number of benzene rings is 1. The predicted molar refractivity (Wildman–Crippen MR) is 287 cm³/mol. The third-order valence-electron chi connectivity index (χ3n) is 12.0. The second-order valence-electron chi connectivity index (χ2n) is 20.3. The summed E-state index contributed by atoms with van der Waals surface area (Å²) in [6.45, 7) is 12.0. The highest BCUT2D eigenvalue weighted by Gasteiger charge is 2.36. The van der Waals surface area contributed by atoms with Crippen molar-refractivity contribution in [2.75, 3.05) is 13.1 Å². The SMILES string of the molecule is CC(C)C[C@H](NC(=O)[C@H](Cc1ccccc1)NC(=O)[C@H](CCC(=O)O)NC(=O)[C@H](CC(C)C)NC(=O)[C@@H](N)CCC(=O)O)C(=O)N[C@@H](CCCN=C(N)N)C(=O)N[C@H](C(=O)N[C@@H](C)C(=O)N[C@@H](CCCCN)C(=O)O)C(C)C. The van der Waals surface area contributed by atoms with Crippen molar-refractivity contribution >= 4 is 71.1 Å². The molecule has 0 aliphatic carbocycles. The maximum Gasteiger partial charge on any atom is 0.326 e. The van der Waals surface area contributed by atoms with E-state index >= 15 is 0 Å². The Morgan fingerprint density at radius 1 is 0.500 bits per heavy atom. The molecule has 0 heterocycles. The molecule has 0 aliphatic rings. The summed E-state index contributed by atoms with van der Waals surface area (Å²) in [6, 6.07) is -3.72. The minimum Gasteiger partial charge on any atom is -0.481 e. The summed E-state index contributed by atoms with van der Waals surface area (Å²) in [5.74, 6) is -11.9. The van der Waals surface area contributed by atoms with E-state index in [1.807, 2.05) is 0 Å². The van der Waals surface area contributed by atoms with Gasteiger partial charge in [-0.3, -0.25) is 52.9 Å². The first kappa shape index (κ1) is 68.6. The van der Waals surface area contributed by atoms with Gasteiger partial charge in [-0.2, -0.15) is 0 Å². The number of guanidine groups is 1. The fourth-order valence-electron chi connectivity index (χ4n) is 7.76. The molecule has 0 saturated heterocycles. The topological polar surface area (TPSA) is 461 Å². The van der Waals surface area contributed by atoms with Crippen LogP contribution in [0.1, 0.15) is 125 Å². The number of rotatable bonds is 38. The molecule has 0 fully saturated rings. The number of aliphatic carboxylic acids is 3. The normalized spacial score (nSPS) is 14.6. The predicted octanol–water partition coefficient (Wildman–Crippen LogP) is -1.80. The number of carboxylic acids is 3. The van der Waals surface area contributed by atoms with Crippen molar-refractivity contribution in [2.45, 2.75) is 180 Å². The molecule has 9 atom stereocenters. The van der Waals surface area contributed by atoms with Gasteiger partial charge in [0.1, 0.15) is 48.3 Å². The summed E-state index contributed by atoms with van der Waals surface area (Å²) in [5, 5.41) is 48.8. The number of amides is 8. The molecule has 1 aromatic carbocycles. The fourth-order valence-corrected chi connectivity index (χ4v) is 7.76. The van der Waals surface area contributed by atoms with Gasteiger partial charge in [-0.05, 0) is 94.6 Å². The van der Waals surface area contributed by atoms with E-state index in [4.69, 9.17) is 28.0 Å². The van der Waals surface area contributed by atoms with Crippen molar-refractivity contribution < 1.29 is 68.1 Å². The Kier molecular flexibility index (Phi) is 31.5. The van der Waals surface area contributed by atoms with Crippen LogP contribution in [-0.4, -0.2) is 154 Å². The summed E-state index contributed by atoms with van der Waals surface area (Å²) in [5.41, 5.74) is 23.0. The summed E-state index contributed by atoms with van der Waals surface area (Å²) in [6.07, 6.45) is -0.743. The highest BCUT2D eigenvalue weighted by atomic mass is 16.4. The van der Waals surface area contributed by atoms with Crippen LogP contribution >= 0.6 is 0 Å². The number of carbonyl (C=O) groups excluding carboxylic acids is 8. The van der Waals surface area contributed by atoms with Gasteiger partial charge in [0.2, 0.25) is 47.3 Å². The molecule has 0 saturated carbocycles. The zero-order valence-electron chi connectivity index (χ0n) is 45.8.